The highest BCUT2D eigenvalue weighted by atomic mass is 79.9. The second-order valence-electron chi connectivity index (χ2n) is 7.30. The minimum atomic E-state index is -0.141. The lowest BCUT2D eigenvalue weighted by Gasteiger charge is -2.18. The van der Waals surface area contributed by atoms with Gasteiger partial charge in [-0.05, 0) is 48.4 Å². The largest absolute Gasteiger partial charge is 0.484 e. The van der Waals surface area contributed by atoms with Crippen molar-refractivity contribution < 1.29 is 9.53 Å². The number of hydrogen-bond acceptors (Lipinski definition) is 2. The number of carbonyl (C=O) groups is 1. The van der Waals surface area contributed by atoms with Crippen LogP contribution in [0.2, 0.25) is 0 Å². The summed E-state index contributed by atoms with van der Waals surface area (Å²) in [5, 5.41) is 4.20. The first-order chi connectivity index (χ1) is 14.6. The van der Waals surface area contributed by atoms with Crippen LogP contribution in [-0.4, -0.2) is 24.0 Å². The van der Waals surface area contributed by atoms with Crippen LogP contribution >= 0.6 is 15.9 Å². The van der Waals surface area contributed by atoms with Crippen molar-refractivity contribution in [2.24, 2.45) is 0 Å². The number of halogens is 1. The van der Waals surface area contributed by atoms with Crippen molar-refractivity contribution in [2.45, 2.75) is 12.8 Å². The standard InChI is InChI=1S/C25H23BrN2O2/c1-17-6-12-20(13-7-17)30-16-25(29)28-14-22(18-8-10-19(26)11-9-18)23-15-27-24-5-3-2-4-21(23)24/h2-13,15,22,27H,14,16H2,1H3,(H,28,29). The smallest absolute Gasteiger partial charge is 0.257 e. The molecule has 1 aromatic heterocycles. The Morgan fingerprint density at radius 2 is 1.77 bits per heavy atom. The summed E-state index contributed by atoms with van der Waals surface area (Å²) in [5.41, 5.74) is 4.54. The SMILES string of the molecule is Cc1ccc(OCC(=O)NCC(c2ccc(Br)cc2)c2c[nH]c3ccccc23)cc1. The predicted octanol–water partition coefficient (Wildman–Crippen LogP) is 5.57. The number of amides is 1. The van der Waals surface area contributed by atoms with E-state index in [9.17, 15) is 4.79 Å². The summed E-state index contributed by atoms with van der Waals surface area (Å²) >= 11 is 3.50. The number of benzene rings is 3. The van der Waals surface area contributed by atoms with E-state index in [4.69, 9.17) is 4.74 Å². The molecule has 0 bridgehead atoms. The van der Waals surface area contributed by atoms with Crippen LogP contribution in [0.3, 0.4) is 0 Å². The molecule has 0 saturated heterocycles. The summed E-state index contributed by atoms with van der Waals surface area (Å²) in [7, 11) is 0. The van der Waals surface area contributed by atoms with Gasteiger partial charge in [0.25, 0.3) is 5.91 Å². The zero-order chi connectivity index (χ0) is 20.9. The van der Waals surface area contributed by atoms with Crippen molar-refractivity contribution in [2.75, 3.05) is 13.2 Å². The molecule has 1 amide bonds. The summed E-state index contributed by atoms with van der Waals surface area (Å²) in [6, 6.07) is 24.1. The third kappa shape index (κ3) is 4.74. The number of nitrogens with one attached hydrogen (secondary N) is 2. The molecule has 1 heterocycles. The molecule has 0 aliphatic carbocycles. The molecular weight excluding hydrogens is 440 g/mol. The molecule has 4 aromatic rings. The lowest BCUT2D eigenvalue weighted by atomic mass is 9.91. The van der Waals surface area contributed by atoms with Gasteiger partial charge in [-0.25, -0.2) is 0 Å². The minimum absolute atomic E-state index is 0.00992. The Morgan fingerprint density at radius 1 is 1.03 bits per heavy atom. The number of rotatable bonds is 7. The molecule has 152 valence electrons. The second-order valence-corrected chi connectivity index (χ2v) is 8.22. The van der Waals surface area contributed by atoms with Gasteiger partial charge in [-0.3, -0.25) is 4.79 Å². The summed E-state index contributed by atoms with van der Waals surface area (Å²) in [6.07, 6.45) is 2.03. The topological polar surface area (TPSA) is 54.1 Å². The van der Waals surface area contributed by atoms with E-state index in [1.54, 1.807) is 0 Å². The fraction of sp³-hybridized carbons (Fsp3) is 0.160. The Labute approximate surface area is 184 Å². The van der Waals surface area contributed by atoms with E-state index in [0.717, 1.165) is 32.1 Å². The highest BCUT2D eigenvalue weighted by Gasteiger charge is 2.19. The normalized spacial score (nSPS) is 11.9. The molecule has 1 atom stereocenters. The van der Waals surface area contributed by atoms with Crippen LogP contribution in [0.4, 0.5) is 0 Å². The Hall–Kier alpha value is -3.05. The van der Waals surface area contributed by atoms with E-state index in [1.165, 1.54) is 0 Å². The molecule has 0 saturated carbocycles. The van der Waals surface area contributed by atoms with Crippen LogP contribution in [0.5, 0.6) is 5.75 Å². The fourth-order valence-corrected chi connectivity index (χ4v) is 3.80. The molecule has 0 fully saturated rings. The Balaban J connectivity index is 1.49. The first-order valence-corrected chi connectivity index (χ1v) is 10.7. The lowest BCUT2D eigenvalue weighted by molar-refractivity contribution is -0.123. The number of fused-ring (bicyclic) bond motifs is 1. The molecule has 1 unspecified atom stereocenters. The highest BCUT2D eigenvalue weighted by Crippen LogP contribution is 2.31. The lowest BCUT2D eigenvalue weighted by Crippen LogP contribution is -2.32. The third-order valence-electron chi connectivity index (χ3n) is 5.16. The molecule has 4 nitrogen and oxygen atoms in total. The van der Waals surface area contributed by atoms with Crippen molar-refractivity contribution in [3.8, 4) is 5.75 Å². The number of aromatic nitrogens is 1. The van der Waals surface area contributed by atoms with E-state index < -0.39 is 0 Å². The van der Waals surface area contributed by atoms with Gasteiger partial charge in [0, 0.05) is 34.0 Å². The zero-order valence-electron chi connectivity index (χ0n) is 16.7. The third-order valence-corrected chi connectivity index (χ3v) is 5.69. The number of ether oxygens (including phenoxy) is 1. The maximum absolute atomic E-state index is 12.5. The van der Waals surface area contributed by atoms with Gasteiger partial charge in [0.2, 0.25) is 0 Å². The first kappa shape index (κ1) is 20.2. The number of para-hydroxylation sites is 1. The molecule has 0 aliphatic rings. The number of carbonyl (C=O) groups excluding carboxylic acids is 1. The molecule has 0 aliphatic heterocycles. The van der Waals surface area contributed by atoms with Crippen molar-refractivity contribution in [1.82, 2.24) is 10.3 Å². The Bertz CT molecular complexity index is 1130. The van der Waals surface area contributed by atoms with Crippen LogP contribution in [0.25, 0.3) is 10.9 Å². The van der Waals surface area contributed by atoms with Gasteiger partial charge in [0.05, 0.1) is 0 Å². The molecule has 30 heavy (non-hydrogen) atoms. The van der Waals surface area contributed by atoms with Crippen molar-refractivity contribution in [3.63, 3.8) is 0 Å². The van der Waals surface area contributed by atoms with E-state index in [-0.39, 0.29) is 18.4 Å². The van der Waals surface area contributed by atoms with E-state index in [1.807, 2.05) is 61.7 Å². The number of H-pyrrole nitrogens is 1. The minimum Gasteiger partial charge on any atom is -0.484 e. The molecule has 4 rings (SSSR count). The van der Waals surface area contributed by atoms with Crippen molar-refractivity contribution >= 4 is 32.7 Å². The average molecular weight is 463 g/mol. The van der Waals surface area contributed by atoms with Gasteiger partial charge < -0.3 is 15.0 Å². The van der Waals surface area contributed by atoms with Crippen molar-refractivity contribution in [1.29, 1.82) is 0 Å². The Kier molecular flexibility index (Phi) is 6.19. The summed E-state index contributed by atoms with van der Waals surface area (Å²) in [5.74, 6) is 0.576. The van der Waals surface area contributed by atoms with Crippen LogP contribution < -0.4 is 10.1 Å². The van der Waals surface area contributed by atoms with Gasteiger partial charge >= 0.3 is 0 Å². The molecular formula is C25H23BrN2O2. The average Bonchev–Trinajstić information content (AvgIpc) is 3.19. The second kappa shape index (κ2) is 9.18. The zero-order valence-corrected chi connectivity index (χ0v) is 18.3. The van der Waals surface area contributed by atoms with E-state index in [0.29, 0.717) is 12.3 Å². The quantitative estimate of drug-likeness (QED) is 0.377. The summed E-state index contributed by atoms with van der Waals surface area (Å²) < 4.78 is 6.64. The van der Waals surface area contributed by atoms with Crippen LogP contribution in [0, 0.1) is 6.92 Å². The first-order valence-electron chi connectivity index (χ1n) is 9.88. The van der Waals surface area contributed by atoms with Crippen LogP contribution in [-0.2, 0) is 4.79 Å². The van der Waals surface area contributed by atoms with Gasteiger partial charge in [0.15, 0.2) is 6.61 Å². The molecule has 0 spiro atoms. The van der Waals surface area contributed by atoms with E-state index in [2.05, 4.69) is 50.5 Å². The molecule has 3 aromatic carbocycles. The monoisotopic (exact) mass is 462 g/mol. The molecule has 0 radical (unpaired) electrons. The van der Waals surface area contributed by atoms with Crippen LogP contribution in [0.1, 0.15) is 22.6 Å². The van der Waals surface area contributed by atoms with Gasteiger partial charge in [-0.1, -0.05) is 64.0 Å². The van der Waals surface area contributed by atoms with Gasteiger partial charge in [0.1, 0.15) is 5.75 Å². The number of hydrogen-bond donors (Lipinski definition) is 2. The molecule has 5 heteroatoms. The Morgan fingerprint density at radius 3 is 2.53 bits per heavy atom. The molecule has 2 N–H and O–H groups in total. The number of aromatic amines is 1. The van der Waals surface area contributed by atoms with Crippen LogP contribution in [0.15, 0.2) is 83.5 Å². The van der Waals surface area contributed by atoms with Gasteiger partial charge in [-0.2, -0.15) is 0 Å². The fourth-order valence-electron chi connectivity index (χ4n) is 3.54. The van der Waals surface area contributed by atoms with Crippen molar-refractivity contribution in [3.05, 3.63) is 100 Å². The highest BCUT2D eigenvalue weighted by molar-refractivity contribution is 9.10. The summed E-state index contributed by atoms with van der Waals surface area (Å²) in [4.78, 5) is 15.8. The van der Waals surface area contributed by atoms with Gasteiger partial charge in [-0.15, -0.1) is 0 Å². The predicted molar refractivity (Wildman–Crippen MR) is 124 cm³/mol. The number of aryl methyl sites for hydroxylation is 1. The maximum Gasteiger partial charge on any atom is 0.257 e. The van der Waals surface area contributed by atoms with E-state index >= 15 is 0 Å². The summed E-state index contributed by atoms with van der Waals surface area (Å²) in [6.45, 7) is 2.49. The maximum atomic E-state index is 12.5.